The predicted octanol–water partition coefficient (Wildman–Crippen LogP) is 0.326. The zero-order valence-corrected chi connectivity index (χ0v) is 19.4. The van der Waals surface area contributed by atoms with Crippen LogP contribution in [-0.4, -0.2) is 99.5 Å². The molecular weight excluding hydrogens is 420 g/mol. The Morgan fingerprint density at radius 1 is 1.06 bits per heavy atom. The number of carbonyl (C=O) groups is 1. The number of benzene rings is 1. The second-order valence-electron chi connectivity index (χ2n) is 8.21. The Labute approximate surface area is 185 Å². The Balaban J connectivity index is 1.39. The molecule has 1 aromatic carbocycles. The molecule has 2 unspecified atom stereocenters. The Hall–Kier alpha value is -1.72. The number of amides is 1. The van der Waals surface area contributed by atoms with Crippen LogP contribution in [-0.2, 0) is 26.2 Å². The van der Waals surface area contributed by atoms with Crippen molar-refractivity contribution in [3.63, 3.8) is 0 Å². The summed E-state index contributed by atoms with van der Waals surface area (Å²) in [4.78, 5) is 14.3. The summed E-state index contributed by atoms with van der Waals surface area (Å²) in [6.45, 7) is 7.25. The number of morpholine rings is 1. The highest BCUT2D eigenvalue weighted by atomic mass is 32.2. The van der Waals surface area contributed by atoms with Crippen LogP contribution in [0, 0.1) is 0 Å². The van der Waals surface area contributed by atoms with Crippen LogP contribution >= 0.6 is 0 Å². The zero-order valence-electron chi connectivity index (χ0n) is 18.6. The van der Waals surface area contributed by atoms with Gasteiger partial charge in [-0.15, -0.1) is 0 Å². The molecule has 10 heteroatoms. The first kappa shape index (κ1) is 23.9. The third-order valence-corrected chi connectivity index (χ3v) is 7.60. The largest absolute Gasteiger partial charge is 0.497 e. The molecule has 1 N–H and O–H groups in total. The number of rotatable bonds is 8. The number of ether oxygens (including phenoxy) is 2. The first-order valence-corrected chi connectivity index (χ1v) is 12.2. The summed E-state index contributed by atoms with van der Waals surface area (Å²) in [7, 11) is -1.87. The molecule has 0 spiro atoms. The van der Waals surface area contributed by atoms with Crippen LogP contribution in [0.25, 0.3) is 0 Å². The normalized spacial score (nSPS) is 24.1. The predicted molar refractivity (Wildman–Crippen MR) is 118 cm³/mol. The van der Waals surface area contributed by atoms with Crippen molar-refractivity contribution >= 4 is 16.1 Å². The summed E-state index contributed by atoms with van der Waals surface area (Å²) in [5.74, 6) is 0.771. The minimum Gasteiger partial charge on any atom is -0.497 e. The van der Waals surface area contributed by atoms with E-state index in [-0.39, 0.29) is 24.7 Å². The van der Waals surface area contributed by atoms with Gasteiger partial charge in [-0.3, -0.25) is 9.69 Å². The molecule has 2 saturated heterocycles. The Kier molecular flexibility index (Phi) is 8.29. The van der Waals surface area contributed by atoms with Crippen LogP contribution in [0.3, 0.4) is 0 Å². The number of hydrogen-bond donors (Lipinski definition) is 1. The Bertz CT molecular complexity index is 815. The third kappa shape index (κ3) is 6.63. The molecule has 3 rings (SSSR count). The first-order valence-electron chi connectivity index (χ1n) is 10.8. The summed E-state index contributed by atoms with van der Waals surface area (Å²) < 4.78 is 39.8. The van der Waals surface area contributed by atoms with Gasteiger partial charge >= 0.3 is 0 Å². The average Bonchev–Trinajstić information content (AvgIpc) is 2.74. The minimum absolute atomic E-state index is 0.0411. The van der Waals surface area contributed by atoms with E-state index >= 15 is 0 Å². The number of hydrogen-bond acceptors (Lipinski definition) is 6. The van der Waals surface area contributed by atoms with Crippen LogP contribution < -0.4 is 10.1 Å². The smallest absolute Gasteiger partial charge is 0.282 e. The van der Waals surface area contributed by atoms with Crippen molar-refractivity contribution in [2.24, 2.45) is 0 Å². The Morgan fingerprint density at radius 3 is 2.26 bits per heavy atom. The molecule has 9 nitrogen and oxygen atoms in total. The highest BCUT2D eigenvalue weighted by Gasteiger charge is 2.36. The van der Waals surface area contributed by atoms with Gasteiger partial charge in [-0.1, -0.05) is 12.1 Å². The molecule has 31 heavy (non-hydrogen) atoms. The van der Waals surface area contributed by atoms with Crippen molar-refractivity contribution in [1.82, 2.24) is 18.8 Å². The van der Waals surface area contributed by atoms with Gasteiger partial charge in [0.25, 0.3) is 10.2 Å². The van der Waals surface area contributed by atoms with Gasteiger partial charge in [-0.2, -0.15) is 17.0 Å². The lowest BCUT2D eigenvalue weighted by atomic mass is 10.1. The molecule has 174 valence electrons. The van der Waals surface area contributed by atoms with E-state index in [1.165, 1.54) is 8.61 Å². The summed E-state index contributed by atoms with van der Waals surface area (Å²) in [5.41, 5.74) is 1.13. The molecule has 2 fully saturated rings. The highest BCUT2D eigenvalue weighted by molar-refractivity contribution is 7.86. The fraction of sp³-hybridized carbons (Fsp3) is 0.667. The molecule has 1 amide bonds. The van der Waals surface area contributed by atoms with Gasteiger partial charge < -0.3 is 14.8 Å². The average molecular weight is 455 g/mol. The van der Waals surface area contributed by atoms with Crippen molar-refractivity contribution < 1.29 is 22.7 Å². The molecule has 0 radical (unpaired) electrons. The van der Waals surface area contributed by atoms with Gasteiger partial charge in [-0.25, -0.2) is 0 Å². The second kappa shape index (κ2) is 10.7. The Morgan fingerprint density at radius 2 is 1.68 bits per heavy atom. The van der Waals surface area contributed by atoms with Crippen LogP contribution in [0.4, 0.5) is 0 Å². The van der Waals surface area contributed by atoms with E-state index in [0.717, 1.165) is 17.7 Å². The molecule has 1 aromatic rings. The molecule has 0 aliphatic carbocycles. The maximum absolute atomic E-state index is 13.0. The van der Waals surface area contributed by atoms with Crippen LogP contribution in [0.2, 0.25) is 0 Å². The van der Waals surface area contributed by atoms with Crippen molar-refractivity contribution in [2.45, 2.75) is 32.5 Å². The zero-order chi connectivity index (χ0) is 22.4. The van der Waals surface area contributed by atoms with Crippen molar-refractivity contribution in [3.05, 3.63) is 29.8 Å². The van der Waals surface area contributed by atoms with Gasteiger partial charge in [-0.05, 0) is 38.0 Å². The summed E-state index contributed by atoms with van der Waals surface area (Å²) in [6, 6.07) is 7.78. The van der Waals surface area contributed by atoms with E-state index in [1.54, 1.807) is 7.11 Å². The van der Waals surface area contributed by atoms with Crippen LogP contribution in [0.1, 0.15) is 19.4 Å². The third-order valence-electron chi connectivity index (χ3n) is 5.63. The molecular formula is C21H34N4O5S. The van der Waals surface area contributed by atoms with Gasteiger partial charge in [0, 0.05) is 45.8 Å². The molecule has 2 aliphatic heterocycles. The highest BCUT2D eigenvalue weighted by Crippen LogP contribution is 2.19. The quantitative estimate of drug-likeness (QED) is 0.609. The maximum Gasteiger partial charge on any atom is 0.282 e. The van der Waals surface area contributed by atoms with E-state index in [0.29, 0.717) is 45.8 Å². The minimum atomic E-state index is -3.50. The number of methoxy groups -OCH3 is 1. The first-order chi connectivity index (χ1) is 14.8. The fourth-order valence-electron chi connectivity index (χ4n) is 4.00. The van der Waals surface area contributed by atoms with Gasteiger partial charge in [0.05, 0.1) is 25.9 Å². The van der Waals surface area contributed by atoms with Crippen molar-refractivity contribution in [3.8, 4) is 5.75 Å². The van der Waals surface area contributed by atoms with Crippen molar-refractivity contribution in [1.29, 1.82) is 0 Å². The maximum atomic E-state index is 13.0. The van der Waals surface area contributed by atoms with E-state index in [4.69, 9.17) is 9.47 Å². The number of nitrogens with zero attached hydrogens (tertiary/aromatic N) is 3. The van der Waals surface area contributed by atoms with E-state index in [2.05, 4.69) is 5.32 Å². The summed E-state index contributed by atoms with van der Waals surface area (Å²) >= 11 is 0. The fourth-order valence-corrected chi connectivity index (χ4v) is 5.75. The second-order valence-corrected chi connectivity index (χ2v) is 10.1. The number of piperazine rings is 1. The van der Waals surface area contributed by atoms with Gasteiger partial charge in [0.2, 0.25) is 5.91 Å². The van der Waals surface area contributed by atoms with Crippen molar-refractivity contribution in [2.75, 3.05) is 59.5 Å². The van der Waals surface area contributed by atoms with E-state index in [9.17, 15) is 13.2 Å². The molecule has 0 saturated carbocycles. The lowest BCUT2D eigenvalue weighted by molar-refractivity contribution is -0.122. The van der Waals surface area contributed by atoms with Gasteiger partial charge in [0.15, 0.2) is 0 Å². The number of carbonyl (C=O) groups excluding carboxylic acids is 1. The topological polar surface area (TPSA) is 91.4 Å². The summed E-state index contributed by atoms with van der Waals surface area (Å²) in [5, 5.41) is 2.94. The van der Waals surface area contributed by atoms with Gasteiger partial charge in [0.1, 0.15) is 5.75 Å². The lowest BCUT2D eigenvalue weighted by Gasteiger charge is -2.40. The standard InChI is InChI=1S/C21H34N4O5S/c1-17-14-25(15-18(2)30-17)31(27,28)24-12-10-23(11-13-24)16-21(26)22-9-8-19-4-6-20(29-3)7-5-19/h4-7,17-18H,8-16H2,1-3H3,(H,22,26). The molecule has 2 atom stereocenters. The monoisotopic (exact) mass is 454 g/mol. The lowest BCUT2D eigenvalue weighted by Crippen LogP contribution is -2.57. The van der Waals surface area contributed by atoms with Crippen LogP contribution in [0.5, 0.6) is 5.75 Å². The SMILES string of the molecule is COc1ccc(CCNC(=O)CN2CCN(S(=O)(=O)N3CC(C)OC(C)C3)CC2)cc1. The molecule has 0 aromatic heterocycles. The molecule has 2 aliphatic rings. The summed E-state index contributed by atoms with van der Waals surface area (Å²) in [6.07, 6.45) is 0.529. The van der Waals surface area contributed by atoms with E-state index in [1.807, 2.05) is 43.0 Å². The molecule has 0 bridgehead atoms. The molecule has 2 heterocycles. The van der Waals surface area contributed by atoms with E-state index < -0.39 is 10.2 Å². The van der Waals surface area contributed by atoms with Crippen LogP contribution in [0.15, 0.2) is 24.3 Å². The number of nitrogens with one attached hydrogen (secondary N) is 1.